The molecule has 1 aromatic carbocycles. The van der Waals surface area contributed by atoms with Gasteiger partial charge in [-0.3, -0.25) is 4.79 Å². The Morgan fingerprint density at radius 3 is 2.86 bits per heavy atom. The molecule has 0 radical (unpaired) electrons. The van der Waals surface area contributed by atoms with Crippen molar-refractivity contribution in [3.05, 3.63) is 30.3 Å². The summed E-state index contributed by atoms with van der Waals surface area (Å²) in [4.78, 5) is 14.3. The minimum atomic E-state index is 0.0538. The predicted molar refractivity (Wildman–Crippen MR) is 83.8 cm³/mol. The van der Waals surface area contributed by atoms with Crippen molar-refractivity contribution in [2.75, 3.05) is 27.3 Å². The van der Waals surface area contributed by atoms with Crippen LogP contribution >= 0.6 is 0 Å². The topological polar surface area (TPSA) is 50.8 Å². The average Bonchev–Trinajstić information content (AvgIpc) is 2.89. The molecule has 5 nitrogen and oxygen atoms in total. The zero-order chi connectivity index (χ0) is 15.5. The molecule has 120 valence electrons. The molecule has 1 saturated carbocycles. The summed E-state index contributed by atoms with van der Waals surface area (Å²) in [6.07, 6.45) is 1.70. The van der Waals surface area contributed by atoms with Crippen molar-refractivity contribution in [2.24, 2.45) is 5.92 Å². The number of carbonyl (C=O) groups is 1. The monoisotopic (exact) mass is 304 g/mol. The molecular weight excluding hydrogens is 280 g/mol. The first kappa shape index (κ1) is 15.3. The molecule has 1 aliphatic heterocycles. The minimum absolute atomic E-state index is 0.0538. The standard InChI is InChI=1S/C17H24N2O3/c1-19(2)16-15(13-8-10-22-17(13)16)18-14(20)9-11-21-12-6-4-3-5-7-12/h3-7,13,15-17H,8-11H2,1-2H3,(H,18,20)/t13-,15+,16-,17-/m1/s1. The van der Waals surface area contributed by atoms with Crippen LogP contribution in [0.4, 0.5) is 0 Å². The van der Waals surface area contributed by atoms with Crippen LogP contribution in [-0.4, -0.2) is 56.3 Å². The second-order valence-electron chi connectivity index (χ2n) is 6.25. The highest BCUT2D eigenvalue weighted by atomic mass is 16.5. The molecule has 0 bridgehead atoms. The number of nitrogens with one attached hydrogen (secondary N) is 1. The number of amides is 1. The number of rotatable bonds is 6. The number of nitrogens with zero attached hydrogens (tertiary/aromatic N) is 1. The van der Waals surface area contributed by atoms with E-state index in [-0.39, 0.29) is 24.1 Å². The highest BCUT2D eigenvalue weighted by molar-refractivity contribution is 5.76. The summed E-state index contributed by atoms with van der Waals surface area (Å²) in [5.74, 6) is 1.32. The Morgan fingerprint density at radius 2 is 2.14 bits per heavy atom. The maximum absolute atomic E-state index is 12.1. The SMILES string of the molecule is CN(C)[C@@H]1[C@@H](NC(=O)CCOc2ccccc2)[C@H]2CCO[C@H]21. The van der Waals surface area contributed by atoms with E-state index in [9.17, 15) is 4.79 Å². The quantitative estimate of drug-likeness (QED) is 0.860. The molecule has 2 aliphatic rings. The lowest BCUT2D eigenvalue weighted by Crippen LogP contribution is -2.69. The Bertz CT molecular complexity index is 506. The lowest BCUT2D eigenvalue weighted by Gasteiger charge is -2.50. The van der Waals surface area contributed by atoms with Crippen LogP contribution in [0.5, 0.6) is 5.75 Å². The lowest BCUT2D eigenvalue weighted by molar-refractivity contribution is -0.128. The highest BCUT2D eigenvalue weighted by Crippen LogP contribution is 2.41. The van der Waals surface area contributed by atoms with Gasteiger partial charge in [-0.05, 0) is 32.6 Å². The molecule has 4 atom stereocenters. The second kappa shape index (κ2) is 6.67. The smallest absolute Gasteiger partial charge is 0.223 e. The molecule has 0 unspecified atom stereocenters. The third-order valence-corrected chi connectivity index (χ3v) is 4.61. The third-order valence-electron chi connectivity index (χ3n) is 4.61. The van der Waals surface area contributed by atoms with Gasteiger partial charge in [-0.15, -0.1) is 0 Å². The number of hydrogen-bond acceptors (Lipinski definition) is 4. The molecule has 1 heterocycles. The Hall–Kier alpha value is -1.59. The van der Waals surface area contributed by atoms with E-state index in [1.54, 1.807) is 0 Å². The van der Waals surface area contributed by atoms with Crippen LogP contribution in [0.2, 0.25) is 0 Å². The van der Waals surface area contributed by atoms with Crippen molar-refractivity contribution in [3.8, 4) is 5.75 Å². The van der Waals surface area contributed by atoms with Crippen molar-refractivity contribution in [1.29, 1.82) is 0 Å². The van der Waals surface area contributed by atoms with Gasteiger partial charge in [-0.2, -0.15) is 0 Å². The Kier molecular flexibility index (Phi) is 4.64. The molecule has 1 N–H and O–H groups in total. The minimum Gasteiger partial charge on any atom is -0.493 e. The van der Waals surface area contributed by atoms with Gasteiger partial charge in [0, 0.05) is 12.5 Å². The Labute approximate surface area is 131 Å². The number of fused-ring (bicyclic) bond motifs is 1. The molecule has 3 rings (SSSR count). The van der Waals surface area contributed by atoms with Crippen LogP contribution in [0, 0.1) is 5.92 Å². The maximum atomic E-state index is 12.1. The van der Waals surface area contributed by atoms with Crippen molar-refractivity contribution in [1.82, 2.24) is 10.2 Å². The lowest BCUT2D eigenvalue weighted by atomic mass is 9.71. The molecule has 1 aromatic rings. The maximum Gasteiger partial charge on any atom is 0.223 e. The normalized spacial score (nSPS) is 29.8. The summed E-state index contributed by atoms with van der Waals surface area (Å²) < 4.78 is 11.3. The van der Waals surface area contributed by atoms with Gasteiger partial charge in [0.15, 0.2) is 0 Å². The molecule has 22 heavy (non-hydrogen) atoms. The van der Waals surface area contributed by atoms with Gasteiger partial charge in [-0.1, -0.05) is 18.2 Å². The second-order valence-corrected chi connectivity index (χ2v) is 6.25. The first-order valence-electron chi connectivity index (χ1n) is 7.92. The van der Waals surface area contributed by atoms with Crippen LogP contribution in [-0.2, 0) is 9.53 Å². The summed E-state index contributed by atoms with van der Waals surface area (Å²) >= 11 is 0. The summed E-state index contributed by atoms with van der Waals surface area (Å²) in [5, 5.41) is 3.16. The fraction of sp³-hybridized carbons (Fsp3) is 0.588. The van der Waals surface area contributed by atoms with E-state index in [2.05, 4.69) is 10.2 Å². The average molecular weight is 304 g/mol. The molecule has 5 heteroatoms. The predicted octanol–water partition coefficient (Wildman–Crippen LogP) is 1.29. The van der Waals surface area contributed by atoms with Crippen molar-refractivity contribution in [2.45, 2.75) is 31.0 Å². The number of benzene rings is 1. The van der Waals surface area contributed by atoms with Gasteiger partial charge in [-0.25, -0.2) is 0 Å². The zero-order valence-corrected chi connectivity index (χ0v) is 13.2. The number of likely N-dealkylation sites (N-methyl/N-ethyl adjacent to an activating group) is 1. The van der Waals surface area contributed by atoms with Crippen LogP contribution < -0.4 is 10.1 Å². The fourth-order valence-corrected chi connectivity index (χ4v) is 3.52. The van der Waals surface area contributed by atoms with Gasteiger partial charge in [0.25, 0.3) is 0 Å². The molecule has 1 aliphatic carbocycles. The molecule has 1 saturated heterocycles. The van der Waals surface area contributed by atoms with Crippen LogP contribution in [0.15, 0.2) is 30.3 Å². The van der Waals surface area contributed by atoms with Gasteiger partial charge < -0.3 is 19.7 Å². The summed E-state index contributed by atoms with van der Waals surface area (Å²) in [6.45, 7) is 1.21. The third kappa shape index (κ3) is 3.10. The summed E-state index contributed by atoms with van der Waals surface area (Å²) in [7, 11) is 4.08. The fourth-order valence-electron chi connectivity index (χ4n) is 3.52. The Balaban J connectivity index is 1.45. The first-order valence-corrected chi connectivity index (χ1v) is 7.92. The van der Waals surface area contributed by atoms with E-state index in [1.807, 2.05) is 44.4 Å². The molecule has 2 fully saturated rings. The molecular formula is C17H24N2O3. The molecule has 0 aromatic heterocycles. The summed E-state index contributed by atoms with van der Waals surface area (Å²) in [6, 6.07) is 10.1. The van der Waals surface area contributed by atoms with E-state index in [4.69, 9.17) is 9.47 Å². The van der Waals surface area contributed by atoms with E-state index >= 15 is 0 Å². The zero-order valence-electron chi connectivity index (χ0n) is 13.2. The van der Waals surface area contributed by atoms with E-state index in [0.29, 0.717) is 18.9 Å². The van der Waals surface area contributed by atoms with Gasteiger partial charge >= 0.3 is 0 Å². The van der Waals surface area contributed by atoms with Gasteiger partial charge in [0.1, 0.15) is 5.75 Å². The van der Waals surface area contributed by atoms with E-state index in [1.165, 1.54) is 0 Å². The van der Waals surface area contributed by atoms with Crippen molar-refractivity contribution in [3.63, 3.8) is 0 Å². The van der Waals surface area contributed by atoms with E-state index < -0.39 is 0 Å². The van der Waals surface area contributed by atoms with Crippen LogP contribution in [0.25, 0.3) is 0 Å². The van der Waals surface area contributed by atoms with Crippen LogP contribution in [0.1, 0.15) is 12.8 Å². The molecule has 1 amide bonds. The number of hydrogen-bond donors (Lipinski definition) is 1. The van der Waals surface area contributed by atoms with Gasteiger partial charge in [0.2, 0.25) is 5.91 Å². The first-order chi connectivity index (χ1) is 10.7. The highest BCUT2D eigenvalue weighted by Gasteiger charge is 2.55. The number of carbonyl (C=O) groups excluding carboxylic acids is 1. The number of ether oxygens (including phenoxy) is 2. The largest absolute Gasteiger partial charge is 0.493 e. The summed E-state index contributed by atoms with van der Waals surface area (Å²) in [5.41, 5.74) is 0. The molecule has 0 spiro atoms. The van der Waals surface area contributed by atoms with Crippen LogP contribution in [0.3, 0.4) is 0 Å². The van der Waals surface area contributed by atoms with Crippen molar-refractivity contribution < 1.29 is 14.3 Å². The van der Waals surface area contributed by atoms with Crippen molar-refractivity contribution >= 4 is 5.91 Å². The Morgan fingerprint density at radius 1 is 1.36 bits per heavy atom. The van der Waals surface area contributed by atoms with E-state index in [0.717, 1.165) is 18.8 Å². The number of para-hydroxylation sites is 1. The van der Waals surface area contributed by atoms with Gasteiger partial charge in [0.05, 0.1) is 31.2 Å².